The number of hydrogen-bond donors (Lipinski definition) is 1. The molecule has 1 saturated heterocycles. The predicted molar refractivity (Wildman–Crippen MR) is 116 cm³/mol. The van der Waals surface area contributed by atoms with Crippen molar-refractivity contribution in [2.75, 3.05) is 12.0 Å². The summed E-state index contributed by atoms with van der Waals surface area (Å²) in [5, 5.41) is 11.2. The number of aliphatic hydroxyl groups excluding tert-OH is 1. The Morgan fingerprint density at radius 3 is 2.50 bits per heavy atom. The summed E-state index contributed by atoms with van der Waals surface area (Å²) in [6.45, 7) is 0. The highest BCUT2D eigenvalue weighted by Crippen LogP contribution is 2.43. The average molecular weight is 489 g/mol. The molecule has 1 atom stereocenters. The Balaban J connectivity index is 1.90. The lowest BCUT2D eigenvalue weighted by Crippen LogP contribution is -2.29. The number of ether oxygens (including phenoxy) is 1. The third-order valence-corrected chi connectivity index (χ3v) is 5.61. The summed E-state index contributed by atoms with van der Waals surface area (Å²) in [7, 11) is 1.48. The highest BCUT2D eigenvalue weighted by atomic mass is 79.9. The van der Waals surface area contributed by atoms with Crippen molar-refractivity contribution in [3.05, 3.63) is 87.3 Å². The zero-order chi connectivity index (χ0) is 21.4. The van der Waals surface area contributed by atoms with Crippen molar-refractivity contribution >= 4 is 50.7 Å². The average Bonchev–Trinajstić information content (AvgIpc) is 3.35. The summed E-state index contributed by atoms with van der Waals surface area (Å²) < 4.78 is 11.5. The Hall–Kier alpha value is -3.03. The van der Waals surface area contributed by atoms with Gasteiger partial charge in [-0.1, -0.05) is 39.7 Å². The van der Waals surface area contributed by atoms with E-state index in [0.717, 1.165) is 4.47 Å². The molecule has 0 saturated carbocycles. The van der Waals surface area contributed by atoms with Crippen LogP contribution in [0.5, 0.6) is 5.75 Å². The number of halogens is 2. The van der Waals surface area contributed by atoms with Crippen LogP contribution in [0.25, 0.3) is 5.76 Å². The van der Waals surface area contributed by atoms with E-state index in [1.54, 1.807) is 48.5 Å². The Labute approximate surface area is 185 Å². The number of amides is 1. The number of rotatable bonds is 4. The second kappa shape index (κ2) is 8.01. The molecule has 0 aliphatic carbocycles. The van der Waals surface area contributed by atoms with Crippen molar-refractivity contribution in [3.8, 4) is 5.75 Å². The zero-order valence-electron chi connectivity index (χ0n) is 15.6. The van der Waals surface area contributed by atoms with E-state index in [0.29, 0.717) is 22.8 Å². The van der Waals surface area contributed by atoms with Gasteiger partial charge in [0.1, 0.15) is 23.3 Å². The number of carbonyl (C=O) groups excluding carboxylic acids is 2. The van der Waals surface area contributed by atoms with Crippen LogP contribution in [0.1, 0.15) is 17.4 Å². The van der Waals surface area contributed by atoms with Crippen LogP contribution in [0.15, 0.2) is 75.3 Å². The Morgan fingerprint density at radius 2 is 1.90 bits per heavy atom. The second-order valence-corrected chi connectivity index (χ2v) is 7.83. The molecule has 2 heterocycles. The van der Waals surface area contributed by atoms with E-state index < -0.39 is 17.7 Å². The molecular weight excluding hydrogens is 474 g/mol. The molecule has 3 aromatic rings. The number of anilines is 1. The largest absolute Gasteiger partial charge is 0.507 e. The Kier molecular flexibility index (Phi) is 5.40. The fraction of sp³-hybridized carbons (Fsp3) is 0.0909. The second-order valence-electron chi connectivity index (χ2n) is 6.51. The monoisotopic (exact) mass is 487 g/mol. The van der Waals surface area contributed by atoms with Gasteiger partial charge in [-0.3, -0.25) is 14.5 Å². The topological polar surface area (TPSA) is 80.0 Å². The summed E-state index contributed by atoms with van der Waals surface area (Å²) in [5.74, 6) is -1.13. The van der Waals surface area contributed by atoms with Gasteiger partial charge in [0.25, 0.3) is 11.7 Å². The highest BCUT2D eigenvalue weighted by molar-refractivity contribution is 9.10. The normalized spacial score (nSPS) is 18.1. The van der Waals surface area contributed by atoms with Crippen LogP contribution in [-0.4, -0.2) is 23.9 Å². The van der Waals surface area contributed by atoms with E-state index in [9.17, 15) is 14.7 Å². The van der Waals surface area contributed by atoms with Crippen LogP contribution in [0.3, 0.4) is 0 Å². The molecule has 1 amide bonds. The molecule has 152 valence electrons. The maximum Gasteiger partial charge on any atom is 0.300 e. The SMILES string of the molecule is COc1ccc(N2C(=O)C(=O)/C(=C(\O)c3ccc(Br)cc3)C2c2ccco2)cc1Cl. The quantitative estimate of drug-likeness (QED) is 0.305. The van der Waals surface area contributed by atoms with Gasteiger partial charge in [0.2, 0.25) is 0 Å². The predicted octanol–water partition coefficient (Wildman–Crippen LogP) is 5.33. The first-order chi connectivity index (χ1) is 14.4. The van der Waals surface area contributed by atoms with E-state index in [2.05, 4.69) is 15.9 Å². The van der Waals surface area contributed by atoms with Crippen molar-refractivity contribution in [1.82, 2.24) is 0 Å². The van der Waals surface area contributed by atoms with E-state index in [1.807, 2.05) is 0 Å². The van der Waals surface area contributed by atoms with Crippen LogP contribution >= 0.6 is 27.5 Å². The van der Waals surface area contributed by atoms with E-state index in [-0.39, 0.29) is 16.4 Å². The fourth-order valence-corrected chi connectivity index (χ4v) is 3.90. The summed E-state index contributed by atoms with van der Waals surface area (Å²) in [6, 6.07) is 13.9. The van der Waals surface area contributed by atoms with Gasteiger partial charge in [-0.2, -0.15) is 0 Å². The number of carbonyl (C=O) groups is 2. The zero-order valence-corrected chi connectivity index (χ0v) is 18.0. The molecular formula is C22H15BrClNO5. The molecule has 2 aromatic carbocycles. The minimum absolute atomic E-state index is 0.0655. The lowest BCUT2D eigenvalue weighted by atomic mass is 9.99. The molecule has 6 nitrogen and oxygen atoms in total. The van der Waals surface area contributed by atoms with Gasteiger partial charge in [0, 0.05) is 15.7 Å². The highest BCUT2D eigenvalue weighted by Gasteiger charge is 2.48. The molecule has 1 aromatic heterocycles. The lowest BCUT2D eigenvalue weighted by Gasteiger charge is -2.23. The number of Topliss-reactive ketones (excluding diaryl/α,β-unsaturated/α-hetero) is 1. The number of benzene rings is 2. The fourth-order valence-electron chi connectivity index (χ4n) is 3.38. The van der Waals surface area contributed by atoms with Crippen molar-refractivity contribution in [3.63, 3.8) is 0 Å². The molecule has 30 heavy (non-hydrogen) atoms. The summed E-state index contributed by atoms with van der Waals surface area (Å²) >= 11 is 9.57. The third kappa shape index (κ3) is 3.40. The third-order valence-electron chi connectivity index (χ3n) is 4.79. The van der Waals surface area contributed by atoms with Gasteiger partial charge in [0.15, 0.2) is 0 Å². The molecule has 1 aliphatic rings. The Bertz CT molecular complexity index is 1150. The van der Waals surface area contributed by atoms with E-state index >= 15 is 0 Å². The van der Waals surface area contributed by atoms with Gasteiger partial charge in [-0.05, 0) is 42.5 Å². The van der Waals surface area contributed by atoms with E-state index in [1.165, 1.54) is 24.3 Å². The summed E-state index contributed by atoms with van der Waals surface area (Å²) in [6.07, 6.45) is 1.44. The van der Waals surface area contributed by atoms with Gasteiger partial charge >= 0.3 is 0 Å². The molecule has 8 heteroatoms. The molecule has 1 N–H and O–H groups in total. The first-order valence-corrected chi connectivity index (χ1v) is 10.0. The molecule has 0 radical (unpaired) electrons. The number of hydrogen-bond acceptors (Lipinski definition) is 5. The molecule has 1 unspecified atom stereocenters. The first-order valence-electron chi connectivity index (χ1n) is 8.86. The van der Waals surface area contributed by atoms with Gasteiger partial charge in [-0.15, -0.1) is 0 Å². The van der Waals surface area contributed by atoms with Gasteiger partial charge < -0.3 is 14.3 Å². The van der Waals surface area contributed by atoms with Crippen molar-refractivity contribution in [2.45, 2.75) is 6.04 Å². The van der Waals surface area contributed by atoms with Crippen molar-refractivity contribution < 1.29 is 23.8 Å². The maximum absolute atomic E-state index is 13.0. The van der Waals surface area contributed by atoms with Crippen molar-refractivity contribution in [2.24, 2.45) is 0 Å². The molecule has 0 spiro atoms. The summed E-state index contributed by atoms with van der Waals surface area (Å²) in [5.41, 5.74) is 0.712. The van der Waals surface area contributed by atoms with Crippen molar-refractivity contribution in [1.29, 1.82) is 0 Å². The molecule has 0 bridgehead atoms. The van der Waals surface area contributed by atoms with Gasteiger partial charge in [0.05, 0.1) is 24.0 Å². The molecule has 4 rings (SSSR count). The Morgan fingerprint density at radius 1 is 1.17 bits per heavy atom. The number of nitrogens with zero attached hydrogens (tertiary/aromatic N) is 1. The van der Waals surface area contributed by atoms with Crippen LogP contribution in [0.4, 0.5) is 5.69 Å². The van der Waals surface area contributed by atoms with Crippen LogP contribution < -0.4 is 9.64 Å². The lowest BCUT2D eigenvalue weighted by molar-refractivity contribution is -0.132. The first kappa shape index (κ1) is 20.3. The minimum Gasteiger partial charge on any atom is -0.507 e. The molecule has 1 aliphatic heterocycles. The molecule has 1 fully saturated rings. The van der Waals surface area contributed by atoms with E-state index in [4.69, 9.17) is 20.8 Å². The standard InChI is InChI=1S/C22H15BrClNO5/c1-29-16-9-8-14(11-15(16)24)25-19(17-3-2-10-30-17)18(21(27)22(25)28)20(26)12-4-6-13(23)7-5-12/h2-11,19,26H,1H3/b20-18-. The van der Waals surface area contributed by atoms with Crippen LogP contribution in [0.2, 0.25) is 5.02 Å². The summed E-state index contributed by atoms with van der Waals surface area (Å²) in [4.78, 5) is 27.2. The number of aliphatic hydroxyl groups is 1. The van der Waals surface area contributed by atoms with Crippen LogP contribution in [-0.2, 0) is 9.59 Å². The number of furan rings is 1. The maximum atomic E-state index is 13.0. The van der Waals surface area contributed by atoms with Crippen LogP contribution in [0, 0.1) is 0 Å². The number of methoxy groups -OCH3 is 1. The van der Waals surface area contributed by atoms with Gasteiger partial charge in [-0.25, -0.2) is 0 Å². The number of ketones is 1. The minimum atomic E-state index is -0.951. The smallest absolute Gasteiger partial charge is 0.300 e.